The van der Waals surface area contributed by atoms with Gasteiger partial charge in [0.05, 0.1) is 6.61 Å². The van der Waals surface area contributed by atoms with Gasteiger partial charge in [0.2, 0.25) is 0 Å². The first-order chi connectivity index (χ1) is 28.5. The molecular weight excluding hydrogens is 777 g/mol. The van der Waals surface area contributed by atoms with Crippen molar-refractivity contribution in [2.45, 2.75) is 237 Å². The van der Waals surface area contributed by atoms with Crippen LogP contribution >= 0.6 is 0 Å². The van der Waals surface area contributed by atoms with Gasteiger partial charge in [-0.05, 0) is 64.2 Å². The van der Waals surface area contributed by atoms with Crippen LogP contribution in [0.5, 0.6) is 0 Å². The lowest BCUT2D eigenvalue weighted by molar-refractivity contribution is -0.297. The Morgan fingerprint density at radius 3 is 1.41 bits per heavy atom. The summed E-state index contributed by atoms with van der Waals surface area (Å²) in [7, 11) is -4.60. The van der Waals surface area contributed by atoms with Gasteiger partial charge in [-0.3, -0.25) is 14.1 Å². The quantitative estimate of drug-likeness (QED) is 0.0199. The third-order valence-corrected chi connectivity index (χ3v) is 11.5. The van der Waals surface area contributed by atoms with Gasteiger partial charge in [0.25, 0.3) is 10.1 Å². The highest BCUT2D eigenvalue weighted by Crippen LogP contribution is 2.24. The van der Waals surface area contributed by atoms with Crippen LogP contribution in [0.25, 0.3) is 0 Å². The van der Waals surface area contributed by atoms with Crippen molar-refractivity contribution >= 4 is 22.1 Å². The molecule has 0 saturated carbocycles. The summed E-state index contributed by atoms with van der Waals surface area (Å²) in [5.74, 6) is -1.99. The molecule has 0 aromatic heterocycles. The first-order valence-corrected chi connectivity index (χ1v) is 25.0. The third-order valence-electron chi connectivity index (χ3n) is 10.8. The Balaban J connectivity index is 2.44. The molecular formula is C46H84O12S. The maximum atomic E-state index is 12.8. The lowest BCUT2D eigenvalue weighted by atomic mass is 10.00. The zero-order valence-electron chi connectivity index (χ0n) is 36.9. The minimum absolute atomic E-state index is 0.159. The van der Waals surface area contributed by atoms with Gasteiger partial charge in [-0.1, -0.05) is 147 Å². The fourth-order valence-corrected chi connectivity index (χ4v) is 7.77. The topological polar surface area (TPSA) is 186 Å². The van der Waals surface area contributed by atoms with Crippen molar-refractivity contribution < 1.29 is 56.8 Å². The molecule has 1 aliphatic rings. The molecule has 1 saturated heterocycles. The lowest BCUT2D eigenvalue weighted by Gasteiger charge is -2.40. The molecule has 12 nitrogen and oxygen atoms in total. The summed E-state index contributed by atoms with van der Waals surface area (Å²) in [4.78, 5) is 25.4. The van der Waals surface area contributed by atoms with Gasteiger partial charge in [-0.2, -0.15) is 8.42 Å². The van der Waals surface area contributed by atoms with Crippen LogP contribution in [-0.2, 0) is 38.7 Å². The Morgan fingerprint density at radius 1 is 0.559 bits per heavy atom. The molecule has 0 aliphatic carbocycles. The van der Waals surface area contributed by atoms with Crippen LogP contribution in [0, 0.1) is 0 Å². The average Bonchev–Trinajstić information content (AvgIpc) is 3.20. The summed E-state index contributed by atoms with van der Waals surface area (Å²) in [6.45, 7) is 3.74. The van der Waals surface area contributed by atoms with Crippen molar-refractivity contribution in [2.75, 3.05) is 19.0 Å². The van der Waals surface area contributed by atoms with Gasteiger partial charge >= 0.3 is 11.9 Å². The smallest absolute Gasteiger partial charge is 0.306 e. The molecule has 0 aromatic carbocycles. The first kappa shape index (κ1) is 55.1. The molecule has 13 heteroatoms. The second-order valence-corrected chi connectivity index (χ2v) is 17.9. The van der Waals surface area contributed by atoms with Crippen LogP contribution in [0.3, 0.4) is 0 Å². The molecule has 0 spiro atoms. The number of hydrogen-bond acceptors (Lipinski definition) is 11. The second kappa shape index (κ2) is 36.8. The number of carbonyl (C=O) groups is 2. The van der Waals surface area contributed by atoms with Crippen LogP contribution in [-0.4, -0.2) is 96.0 Å². The molecule has 1 aliphatic heterocycles. The Morgan fingerprint density at radius 2 is 0.966 bits per heavy atom. The Bertz CT molecular complexity index is 1190. The number of rotatable bonds is 39. The molecule has 0 radical (unpaired) electrons. The second-order valence-electron chi connectivity index (χ2n) is 16.4. The molecule has 1 rings (SSSR count). The van der Waals surface area contributed by atoms with E-state index in [0.29, 0.717) is 12.8 Å². The third kappa shape index (κ3) is 31.6. The van der Waals surface area contributed by atoms with Gasteiger partial charge in [0.1, 0.15) is 36.8 Å². The molecule has 1 fully saturated rings. The molecule has 59 heavy (non-hydrogen) atoms. The summed E-state index contributed by atoms with van der Waals surface area (Å²) < 4.78 is 54.1. The van der Waals surface area contributed by atoms with Crippen molar-refractivity contribution in [3.63, 3.8) is 0 Å². The number of ether oxygens (including phenoxy) is 4. The van der Waals surface area contributed by atoms with Crippen LogP contribution in [0.2, 0.25) is 0 Å². The molecule has 0 amide bonds. The number of unbranched alkanes of at least 4 members (excludes halogenated alkanes) is 23. The number of allylic oxidation sites excluding steroid dienone is 4. The van der Waals surface area contributed by atoms with Gasteiger partial charge in [0.15, 0.2) is 12.4 Å². The summed E-state index contributed by atoms with van der Waals surface area (Å²) in [6.07, 6.45) is 30.7. The SMILES string of the molecule is CCCCCCC/C=C\CCCCCCCC(=O)OCC(COC1OC(CS(=O)(=O)O)C(O)C(O)C1O)OC(=O)CCCCCCCCC/C=C\CCCCCCCC. The van der Waals surface area contributed by atoms with E-state index in [9.17, 15) is 37.9 Å². The highest BCUT2D eigenvalue weighted by molar-refractivity contribution is 7.85. The van der Waals surface area contributed by atoms with E-state index in [2.05, 4.69) is 38.2 Å². The van der Waals surface area contributed by atoms with E-state index in [4.69, 9.17) is 18.9 Å². The van der Waals surface area contributed by atoms with Crippen molar-refractivity contribution in [3.8, 4) is 0 Å². The molecule has 6 unspecified atom stereocenters. The van der Waals surface area contributed by atoms with Crippen LogP contribution < -0.4 is 0 Å². The van der Waals surface area contributed by atoms with E-state index >= 15 is 0 Å². The van der Waals surface area contributed by atoms with E-state index in [1.165, 1.54) is 89.9 Å². The van der Waals surface area contributed by atoms with Crippen molar-refractivity contribution in [3.05, 3.63) is 24.3 Å². The summed E-state index contributed by atoms with van der Waals surface area (Å²) >= 11 is 0. The highest BCUT2D eigenvalue weighted by Gasteiger charge is 2.46. The van der Waals surface area contributed by atoms with E-state index in [0.717, 1.165) is 70.6 Å². The minimum atomic E-state index is -4.60. The molecule has 346 valence electrons. The maximum Gasteiger partial charge on any atom is 0.306 e. The molecule has 4 N–H and O–H groups in total. The van der Waals surface area contributed by atoms with E-state index in [1.807, 2.05) is 0 Å². The molecule has 0 aromatic rings. The predicted molar refractivity (Wildman–Crippen MR) is 233 cm³/mol. The summed E-state index contributed by atoms with van der Waals surface area (Å²) in [6, 6.07) is 0. The monoisotopic (exact) mass is 861 g/mol. The number of aliphatic hydroxyl groups excluding tert-OH is 3. The fourth-order valence-electron chi connectivity index (χ4n) is 7.08. The van der Waals surface area contributed by atoms with Crippen molar-refractivity contribution in [2.24, 2.45) is 0 Å². The normalized spacial score (nSPS) is 20.4. The fraction of sp³-hybridized carbons (Fsp3) is 0.870. The van der Waals surface area contributed by atoms with Crippen molar-refractivity contribution in [1.82, 2.24) is 0 Å². The Hall–Kier alpha value is -1.87. The largest absolute Gasteiger partial charge is 0.462 e. The number of hydrogen-bond donors (Lipinski definition) is 4. The average molecular weight is 861 g/mol. The Labute approximate surface area is 358 Å². The Kier molecular flexibility index (Phi) is 34.4. The van der Waals surface area contributed by atoms with Crippen LogP contribution in [0.4, 0.5) is 0 Å². The lowest BCUT2D eigenvalue weighted by Crippen LogP contribution is -2.60. The van der Waals surface area contributed by atoms with Gasteiger partial charge < -0.3 is 34.3 Å². The summed E-state index contributed by atoms with van der Waals surface area (Å²) in [5, 5.41) is 30.9. The summed E-state index contributed by atoms with van der Waals surface area (Å²) in [5.41, 5.74) is 0. The van der Waals surface area contributed by atoms with Crippen molar-refractivity contribution in [1.29, 1.82) is 0 Å². The molecule has 1 heterocycles. The minimum Gasteiger partial charge on any atom is -0.462 e. The zero-order chi connectivity index (χ0) is 43.4. The number of aliphatic hydroxyl groups is 3. The van der Waals surface area contributed by atoms with Gasteiger partial charge in [-0.25, -0.2) is 0 Å². The maximum absolute atomic E-state index is 12.8. The standard InChI is InChI=1S/C46H84O12S/c1-3-5-7-9-11-13-15-17-19-20-21-23-25-27-29-31-33-35-42(48)57-39(37-56-46-45(51)44(50)43(49)40(58-46)38-59(52,53)54)36-55-41(47)34-32-30-28-26-24-22-18-16-14-12-10-8-6-4-2/h16-19,39-40,43-46,49-51H,3-15,20-38H2,1-2H3,(H,52,53,54)/b18-16-,19-17-. The number of carbonyl (C=O) groups excluding carboxylic acids is 2. The van der Waals surface area contributed by atoms with Crippen LogP contribution in [0.1, 0.15) is 200 Å². The van der Waals surface area contributed by atoms with Gasteiger partial charge in [0, 0.05) is 12.8 Å². The van der Waals surface area contributed by atoms with Crippen LogP contribution in [0.15, 0.2) is 24.3 Å². The molecule has 0 bridgehead atoms. The van der Waals surface area contributed by atoms with Gasteiger partial charge in [-0.15, -0.1) is 0 Å². The van der Waals surface area contributed by atoms with E-state index in [-0.39, 0.29) is 19.4 Å². The number of esters is 2. The molecule has 6 atom stereocenters. The van der Waals surface area contributed by atoms with E-state index in [1.54, 1.807) is 0 Å². The zero-order valence-corrected chi connectivity index (χ0v) is 37.7. The van der Waals surface area contributed by atoms with E-state index < -0.39 is 71.2 Å². The predicted octanol–water partition coefficient (Wildman–Crippen LogP) is 9.62. The first-order valence-electron chi connectivity index (χ1n) is 23.4. The highest BCUT2D eigenvalue weighted by atomic mass is 32.2.